The van der Waals surface area contributed by atoms with Crippen LogP contribution >= 0.6 is 0 Å². The van der Waals surface area contributed by atoms with Gasteiger partial charge in [-0.1, -0.05) is 27.2 Å². The van der Waals surface area contributed by atoms with E-state index >= 15 is 0 Å². The Morgan fingerprint density at radius 2 is 1.84 bits per heavy atom. The van der Waals surface area contributed by atoms with Crippen LogP contribution in [0.15, 0.2) is 12.1 Å². The van der Waals surface area contributed by atoms with Gasteiger partial charge in [0.1, 0.15) is 5.82 Å². The van der Waals surface area contributed by atoms with Crippen LogP contribution in [0.1, 0.15) is 56.1 Å². The number of rotatable bonds is 8. The van der Waals surface area contributed by atoms with Gasteiger partial charge in [-0.25, -0.2) is 4.98 Å². The molecule has 1 aromatic heterocycles. The number of amides is 1. The first kappa shape index (κ1) is 15.5. The lowest BCUT2D eigenvalue weighted by atomic mass is 10.1. The number of aromatic nitrogens is 1. The van der Waals surface area contributed by atoms with Crippen molar-refractivity contribution in [1.82, 2.24) is 10.3 Å². The predicted molar refractivity (Wildman–Crippen MR) is 79.6 cm³/mol. The highest BCUT2D eigenvalue weighted by Crippen LogP contribution is 2.12. The minimum Gasteiger partial charge on any atom is -0.370 e. The third-order valence-electron chi connectivity index (χ3n) is 2.74. The van der Waals surface area contributed by atoms with E-state index in [1.807, 2.05) is 19.1 Å². The van der Waals surface area contributed by atoms with Crippen LogP contribution < -0.4 is 10.6 Å². The second-order valence-electron chi connectivity index (χ2n) is 4.67. The molecule has 0 saturated carbocycles. The summed E-state index contributed by atoms with van der Waals surface area (Å²) in [5.41, 5.74) is 1.68. The molecular weight excluding hydrogens is 238 g/mol. The second-order valence-corrected chi connectivity index (χ2v) is 4.67. The molecule has 0 aromatic carbocycles. The molecule has 1 heterocycles. The molecule has 4 nitrogen and oxygen atoms in total. The number of nitrogens with one attached hydrogen (secondary N) is 2. The quantitative estimate of drug-likeness (QED) is 0.758. The fourth-order valence-electron chi connectivity index (χ4n) is 1.79. The van der Waals surface area contributed by atoms with E-state index in [-0.39, 0.29) is 5.91 Å². The minimum absolute atomic E-state index is 0.0128. The Kier molecular flexibility index (Phi) is 6.93. The number of nitrogens with zero attached hydrogens (tertiary/aromatic N) is 1. The van der Waals surface area contributed by atoms with Gasteiger partial charge in [-0.2, -0.15) is 0 Å². The Morgan fingerprint density at radius 3 is 2.47 bits per heavy atom. The predicted octanol–water partition coefficient (Wildman–Crippen LogP) is 3.00. The highest BCUT2D eigenvalue weighted by molar-refractivity contribution is 5.95. The molecule has 0 saturated heterocycles. The Morgan fingerprint density at radius 1 is 1.11 bits per heavy atom. The first-order chi connectivity index (χ1) is 9.21. The van der Waals surface area contributed by atoms with Gasteiger partial charge in [0.25, 0.3) is 5.91 Å². The van der Waals surface area contributed by atoms with Crippen molar-refractivity contribution in [2.24, 2.45) is 0 Å². The second kappa shape index (κ2) is 8.51. The van der Waals surface area contributed by atoms with E-state index in [9.17, 15) is 4.79 Å². The lowest BCUT2D eigenvalue weighted by Crippen LogP contribution is -2.24. The highest BCUT2D eigenvalue weighted by Gasteiger charge is 2.09. The van der Waals surface area contributed by atoms with Crippen molar-refractivity contribution in [3.8, 4) is 0 Å². The summed E-state index contributed by atoms with van der Waals surface area (Å²) in [5.74, 6) is 0.788. The van der Waals surface area contributed by atoms with Crippen LogP contribution in [0.25, 0.3) is 0 Å². The molecule has 1 rings (SSSR count). The molecule has 0 fully saturated rings. The van der Waals surface area contributed by atoms with Crippen LogP contribution in [-0.2, 0) is 6.42 Å². The number of hydrogen-bond acceptors (Lipinski definition) is 3. The van der Waals surface area contributed by atoms with E-state index in [0.717, 1.165) is 43.7 Å². The molecule has 1 amide bonds. The van der Waals surface area contributed by atoms with Crippen molar-refractivity contribution >= 4 is 11.7 Å². The van der Waals surface area contributed by atoms with Gasteiger partial charge in [0.15, 0.2) is 0 Å². The van der Waals surface area contributed by atoms with Crippen LogP contribution in [0.2, 0.25) is 0 Å². The lowest BCUT2D eigenvalue weighted by Gasteiger charge is -2.10. The fourth-order valence-corrected chi connectivity index (χ4v) is 1.79. The first-order valence-corrected chi connectivity index (χ1v) is 7.24. The zero-order valence-corrected chi connectivity index (χ0v) is 12.3. The smallest absolute Gasteiger partial charge is 0.251 e. The summed E-state index contributed by atoms with van der Waals surface area (Å²) in [6.07, 6.45) is 3.91. The highest BCUT2D eigenvalue weighted by atomic mass is 16.1. The molecule has 1 aromatic rings. The van der Waals surface area contributed by atoms with Gasteiger partial charge < -0.3 is 10.6 Å². The summed E-state index contributed by atoms with van der Waals surface area (Å²) >= 11 is 0. The molecule has 2 N–H and O–H groups in total. The van der Waals surface area contributed by atoms with Crippen LogP contribution in [-0.4, -0.2) is 24.0 Å². The van der Waals surface area contributed by atoms with Gasteiger partial charge in [-0.05, 0) is 31.4 Å². The molecule has 106 valence electrons. The minimum atomic E-state index is -0.0128. The van der Waals surface area contributed by atoms with Crippen molar-refractivity contribution < 1.29 is 4.79 Å². The van der Waals surface area contributed by atoms with Crippen molar-refractivity contribution in [2.45, 2.75) is 46.5 Å². The average molecular weight is 263 g/mol. The average Bonchev–Trinajstić information content (AvgIpc) is 2.42. The van der Waals surface area contributed by atoms with E-state index in [1.54, 1.807) is 0 Å². The number of carbonyl (C=O) groups excluding carboxylic acids is 1. The van der Waals surface area contributed by atoms with Crippen molar-refractivity contribution in [2.75, 3.05) is 18.4 Å². The molecule has 0 aliphatic carbocycles. The van der Waals surface area contributed by atoms with Crippen molar-refractivity contribution in [3.05, 3.63) is 23.4 Å². The monoisotopic (exact) mass is 263 g/mol. The topological polar surface area (TPSA) is 54.0 Å². The summed E-state index contributed by atoms with van der Waals surface area (Å²) in [6, 6.07) is 3.73. The maximum Gasteiger partial charge on any atom is 0.251 e. The van der Waals surface area contributed by atoms with Crippen LogP contribution in [0.3, 0.4) is 0 Å². The number of hydrogen-bond donors (Lipinski definition) is 2. The largest absolute Gasteiger partial charge is 0.370 e. The molecule has 0 radical (unpaired) electrons. The molecule has 0 unspecified atom stereocenters. The zero-order chi connectivity index (χ0) is 14.1. The maximum absolute atomic E-state index is 12.0. The molecular formula is C15H25N3O. The third kappa shape index (κ3) is 5.28. The van der Waals surface area contributed by atoms with E-state index < -0.39 is 0 Å². The number of pyridine rings is 1. The van der Waals surface area contributed by atoms with Crippen molar-refractivity contribution in [1.29, 1.82) is 0 Å². The van der Waals surface area contributed by atoms with Gasteiger partial charge in [0, 0.05) is 24.3 Å². The van der Waals surface area contributed by atoms with E-state index in [4.69, 9.17) is 0 Å². The Balaban J connectivity index is 2.88. The Hall–Kier alpha value is -1.58. The number of carbonyl (C=O) groups is 1. The summed E-state index contributed by atoms with van der Waals surface area (Å²) < 4.78 is 0. The molecule has 0 aliphatic rings. The SMILES string of the molecule is CCCNC(=O)c1cc(CCC)nc(NCCC)c1. The third-order valence-corrected chi connectivity index (χ3v) is 2.74. The van der Waals surface area contributed by atoms with Crippen LogP contribution in [0.5, 0.6) is 0 Å². The summed E-state index contributed by atoms with van der Waals surface area (Å²) in [5, 5.41) is 6.16. The Labute approximate surface area is 116 Å². The molecule has 0 spiro atoms. The molecule has 4 heteroatoms. The molecule has 0 atom stereocenters. The Bertz CT molecular complexity index is 404. The summed E-state index contributed by atoms with van der Waals surface area (Å²) in [6.45, 7) is 7.85. The van der Waals surface area contributed by atoms with Gasteiger partial charge in [0.05, 0.1) is 0 Å². The normalized spacial score (nSPS) is 10.3. The van der Waals surface area contributed by atoms with E-state index in [0.29, 0.717) is 12.1 Å². The van der Waals surface area contributed by atoms with E-state index in [1.165, 1.54) is 0 Å². The van der Waals surface area contributed by atoms with Gasteiger partial charge >= 0.3 is 0 Å². The first-order valence-electron chi connectivity index (χ1n) is 7.24. The van der Waals surface area contributed by atoms with Crippen LogP contribution in [0.4, 0.5) is 5.82 Å². The molecule has 0 bridgehead atoms. The van der Waals surface area contributed by atoms with E-state index in [2.05, 4.69) is 29.5 Å². The lowest BCUT2D eigenvalue weighted by molar-refractivity contribution is 0.0953. The van der Waals surface area contributed by atoms with Gasteiger partial charge in [0.2, 0.25) is 0 Å². The molecule has 0 aliphatic heterocycles. The van der Waals surface area contributed by atoms with Gasteiger partial charge in [-0.3, -0.25) is 4.79 Å². The van der Waals surface area contributed by atoms with Crippen molar-refractivity contribution in [3.63, 3.8) is 0 Å². The van der Waals surface area contributed by atoms with Crippen LogP contribution in [0, 0.1) is 0 Å². The zero-order valence-electron chi connectivity index (χ0n) is 12.3. The molecule has 19 heavy (non-hydrogen) atoms. The summed E-state index contributed by atoms with van der Waals surface area (Å²) in [4.78, 5) is 16.6. The standard InChI is InChI=1S/C15H25N3O/c1-4-7-13-10-12(15(19)17-9-6-3)11-14(18-13)16-8-5-2/h10-11H,4-9H2,1-3H3,(H,16,18)(H,17,19). The van der Waals surface area contributed by atoms with Gasteiger partial charge in [-0.15, -0.1) is 0 Å². The number of anilines is 1. The maximum atomic E-state index is 12.0. The summed E-state index contributed by atoms with van der Waals surface area (Å²) in [7, 11) is 0. The fraction of sp³-hybridized carbons (Fsp3) is 0.600. The number of aryl methyl sites for hydroxylation is 1.